The van der Waals surface area contributed by atoms with E-state index in [0.717, 1.165) is 96.7 Å². The first-order valence-corrected chi connectivity index (χ1v) is 25.1. The zero-order valence-electron chi connectivity index (χ0n) is 41.3. The zero-order valence-corrected chi connectivity index (χ0v) is 41.3. The molecule has 76 heavy (non-hydrogen) atoms. The van der Waals surface area contributed by atoms with Crippen molar-refractivity contribution in [1.82, 2.24) is 0 Å². The highest BCUT2D eigenvalue weighted by molar-refractivity contribution is 5.95. The lowest BCUT2D eigenvalue weighted by molar-refractivity contribution is 0.443. The van der Waals surface area contributed by atoms with Crippen molar-refractivity contribution >= 4 is 29.2 Å². The van der Waals surface area contributed by atoms with Crippen LogP contribution in [0.2, 0.25) is 0 Å². The van der Waals surface area contributed by atoms with Crippen LogP contribution in [0, 0.1) is 34.9 Å². The Labute approximate surface area is 437 Å². The third-order valence-corrected chi connectivity index (χ3v) is 16.4. The maximum absolute atomic E-state index is 15.9. The second kappa shape index (κ2) is 17.1. The second-order valence-electron chi connectivity index (χ2n) is 20.4. The highest BCUT2D eigenvalue weighted by Gasteiger charge is 2.50. The first-order valence-electron chi connectivity index (χ1n) is 25.1. The van der Waals surface area contributed by atoms with Gasteiger partial charge in [-0.1, -0.05) is 185 Å². The van der Waals surface area contributed by atoms with E-state index in [0.29, 0.717) is 33.6 Å². The van der Waals surface area contributed by atoms with Crippen LogP contribution in [0.3, 0.4) is 0 Å². The van der Waals surface area contributed by atoms with Crippen molar-refractivity contribution in [3.05, 3.63) is 315 Å². The molecule has 0 aromatic heterocycles. The molecule has 2 atom stereocenters. The molecule has 10 aromatic rings. The van der Waals surface area contributed by atoms with Crippen molar-refractivity contribution in [2.45, 2.75) is 30.1 Å². The van der Waals surface area contributed by atoms with Crippen LogP contribution in [-0.4, -0.2) is 0 Å². The summed E-state index contributed by atoms with van der Waals surface area (Å²) in [7, 11) is 0. The molecule has 2 unspecified atom stereocenters. The average Bonchev–Trinajstić information content (AvgIpc) is 4.02. The Bertz CT molecular complexity index is 3840. The fourth-order valence-corrected chi connectivity index (χ4v) is 13.1. The Morgan fingerprint density at radius 1 is 0.355 bits per heavy atom. The lowest BCUT2D eigenvalue weighted by Gasteiger charge is -2.37. The van der Waals surface area contributed by atoms with Gasteiger partial charge in [-0.3, -0.25) is 0 Å². The zero-order chi connectivity index (χ0) is 52.4. The average molecular weight is 1000 g/mol. The topological polar surface area (TPSA) is 3.24 Å². The molecule has 0 aliphatic heterocycles. The van der Waals surface area contributed by atoms with E-state index in [-0.39, 0.29) is 11.1 Å². The number of rotatable bonds is 9. The maximum Gasteiger partial charge on any atom is 0.194 e. The van der Waals surface area contributed by atoms with E-state index < -0.39 is 51.1 Å². The monoisotopic (exact) mass is 1000 g/mol. The molecule has 3 aliphatic rings. The molecule has 13 rings (SSSR count). The molecule has 0 radical (unpaired) electrons. The molecule has 0 heterocycles. The SMILES string of the molecule is C=Cc1ccc(C2(c3cc(F)c(F)c(F)c3)c3ccccc3-c3ccc(N(c4ccc5c(c4)C(c4ccc(C=C)cc4)(c4cc(F)c(F)c(F)c4)c4ccccc4-5)c4cccc5c4C(C)(C)c4ccccc4-5)cc32)cc1. The molecule has 0 spiro atoms. The molecule has 0 fully saturated rings. The molecule has 1 nitrogen and oxygen atoms in total. The maximum atomic E-state index is 15.9. The predicted octanol–water partition coefficient (Wildman–Crippen LogP) is 18.3. The standard InChI is InChI=1S/C69H45F6N/c1-5-40-22-26-42(27-23-40)68(44-34-59(70)65(74)60(71)35-44)55-19-11-8-14-48(55)51-32-30-46(38-57(51)68)76(63-21-13-17-53-50-16-7-10-18-54(50)67(3,4)64(53)63)47-31-33-52-49-15-9-12-20-56(49)69(58(52)39-47,43-28-24-41(6-2)25-29-43)45-36-61(72)66(75)62(73)37-45/h5-39H,1-2H2,3-4H3. The number of hydrogen-bond acceptors (Lipinski definition) is 1. The van der Waals surface area contributed by atoms with E-state index in [2.05, 4.69) is 68.3 Å². The first kappa shape index (κ1) is 46.8. The Balaban J connectivity index is 1.14. The number of fused-ring (bicyclic) bond motifs is 9. The fourth-order valence-electron chi connectivity index (χ4n) is 13.1. The summed E-state index contributed by atoms with van der Waals surface area (Å²) >= 11 is 0. The molecule has 0 N–H and O–H groups in total. The molecular weight excluding hydrogens is 957 g/mol. The highest BCUT2D eigenvalue weighted by atomic mass is 19.2. The van der Waals surface area contributed by atoms with E-state index in [9.17, 15) is 0 Å². The lowest BCUT2D eigenvalue weighted by Crippen LogP contribution is -2.30. The van der Waals surface area contributed by atoms with Crippen LogP contribution in [0.4, 0.5) is 43.4 Å². The van der Waals surface area contributed by atoms with Crippen LogP contribution >= 0.6 is 0 Å². The summed E-state index contributed by atoms with van der Waals surface area (Å²) in [6.07, 6.45) is 3.45. The number of halogens is 6. The summed E-state index contributed by atoms with van der Waals surface area (Å²) in [6, 6.07) is 62.2. The molecule has 0 bridgehead atoms. The van der Waals surface area contributed by atoms with Gasteiger partial charge in [0.1, 0.15) is 0 Å². The van der Waals surface area contributed by atoms with Gasteiger partial charge in [-0.2, -0.15) is 0 Å². The Kier molecular flexibility index (Phi) is 10.5. The van der Waals surface area contributed by atoms with Crippen molar-refractivity contribution in [3.8, 4) is 33.4 Å². The summed E-state index contributed by atoms with van der Waals surface area (Å²) in [6.45, 7) is 12.4. The third-order valence-electron chi connectivity index (χ3n) is 16.4. The molecule has 0 amide bonds. The summed E-state index contributed by atoms with van der Waals surface area (Å²) in [5, 5.41) is 0. The minimum absolute atomic E-state index is 0.198. The van der Waals surface area contributed by atoms with Gasteiger partial charge < -0.3 is 4.90 Å². The van der Waals surface area contributed by atoms with Crippen molar-refractivity contribution in [1.29, 1.82) is 0 Å². The summed E-state index contributed by atoms with van der Waals surface area (Å²) < 4.78 is 94.0. The van der Waals surface area contributed by atoms with Gasteiger partial charge >= 0.3 is 0 Å². The van der Waals surface area contributed by atoms with Gasteiger partial charge in [0.15, 0.2) is 34.9 Å². The number of anilines is 3. The predicted molar refractivity (Wildman–Crippen MR) is 293 cm³/mol. The van der Waals surface area contributed by atoms with Crippen LogP contribution in [0.15, 0.2) is 213 Å². The van der Waals surface area contributed by atoms with E-state index in [4.69, 9.17) is 0 Å². The highest BCUT2D eigenvalue weighted by Crippen LogP contribution is 2.61. The van der Waals surface area contributed by atoms with E-state index >= 15 is 26.3 Å². The number of nitrogens with zero attached hydrogens (tertiary/aromatic N) is 1. The summed E-state index contributed by atoms with van der Waals surface area (Å²) in [5.41, 5.74) is 12.9. The minimum atomic E-state index is -1.56. The Morgan fingerprint density at radius 2 is 0.724 bits per heavy atom. The molecular formula is C69H45F6N. The summed E-state index contributed by atoms with van der Waals surface area (Å²) in [5.74, 6) is -8.39. The largest absolute Gasteiger partial charge is 0.310 e. The van der Waals surface area contributed by atoms with E-state index in [1.165, 1.54) is 0 Å². The van der Waals surface area contributed by atoms with Crippen LogP contribution in [0.25, 0.3) is 45.5 Å². The fraction of sp³-hybridized carbons (Fsp3) is 0.0725. The van der Waals surface area contributed by atoms with Crippen molar-refractivity contribution in [3.63, 3.8) is 0 Å². The van der Waals surface area contributed by atoms with E-state index in [1.54, 1.807) is 12.2 Å². The first-order chi connectivity index (χ1) is 36.8. The van der Waals surface area contributed by atoms with Crippen LogP contribution < -0.4 is 4.90 Å². The minimum Gasteiger partial charge on any atom is -0.310 e. The van der Waals surface area contributed by atoms with Gasteiger partial charge in [0.2, 0.25) is 0 Å². The third kappa shape index (κ3) is 6.41. The Hall–Kier alpha value is -8.94. The molecule has 0 saturated heterocycles. The number of hydrogen-bond donors (Lipinski definition) is 0. The van der Waals surface area contributed by atoms with Gasteiger partial charge in [0, 0.05) is 16.8 Å². The van der Waals surface area contributed by atoms with Crippen molar-refractivity contribution in [2.24, 2.45) is 0 Å². The van der Waals surface area contributed by atoms with Crippen molar-refractivity contribution in [2.75, 3.05) is 4.90 Å². The van der Waals surface area contributed by atoms with Gasteiger partial charge in [-0.15, -0.1) is 0 Å². The normalized spacial score (nSPS) is 17.0. The van der Waals surface area contributed by atoms with Gasteiger partial charge in [-0.05, 0) is 155 Å². The molecule has 3 aliphatic carbocycles. The quantitative estimate of drug-likeness (QED) is 0.103. The van der Waals surface area contributed by atoms with Gasteiger partial charge in [-0.25, -0.2) is 26.3 Å². The van der Waals surface area contributed by atoms with Crippen LogP contribution in [0.5, 0.6) is 0 Å². The van der Waals surface area contributed by atoms with Gasteiger partial charge in [0.05, 0.1) is 16.5 Å². The second-order valence-corrected chi connectivity index (χ2v) is 20.4. The smallest absolute Gasteiger partial charge is 0.194 e. The molecule has 7 heteroatoms. The van der Waals surface area contributed by atoms with E-state index in [1.807, 2.05) is 140 Å². The lowest BCUT2D eigenvalue weighted by atomic mass is 9.67. The van der Waals surface area contributed by atoms with Gasteiger partial charge in [0.25, 0.3) is 0 Å². The summed E-state index contributed by atoms with van der Waals surface area (Å²) in [4.78, 5) is 2.19. The molecule has 10 aromatic carbocycles. The molecule has 0 saturated carbocycles. The molecule has 368 valence electrons. The van der Waals surface area contributed by atoms with Crippen LogP contribution in [0.1, 0.15) is 80.6 Å². The Morgan fingerprint density at radius 3 is 1.14 bits per heavy atom. The van der Waals surface area contributed by atoms with Crippen LogP contribution in [-0.2, 0) is 16.2 Å². The van der Waals surface area contributed by atoms with Crippen molar-refractivity contribution < 1.29 is 26.3 Å². The number of benzene rings is 10.